The van der Waals surface area contributed by atoms with E-state index in [1.165, 1.54) is 12.1 Å². The van der Waals surface area contributed by atoms with Crippen LogP contribution in [0.2, 0.25) is 0 Å². The Morgan fingerprint density at radius 3 is 2.65 bits per heavy atom. The van der Waals surface area contributed by atoms with Crippen molar-refractivity contribution in [3.8, 4) is 5.75 Å². The fourth-order valence-corrected chi connectivity index (χ4v) is 3.52. The summed E-state index contributed by atoms with van der Waals surface area (Å²) in [5.74, 6) is -0.212. The van der Waals surface area contributed by atoms with Gasteiger partial charge in [-0.25, -0.2) is 0 Å². The molecule has 20 heavy (non-hydrogen) atoms. The number of ether oxygens (including phenoxy) is 2. The van der Waals surface area contributed by atoms with Crippen LogP contribution in [0.5, 0.6) is 5.75 Å². The quantitative estimate of drug-likeness (QED) is 0.929. The Morgan fingerprint density at radius 2 is 2.00 bits per heavy atom. The van der Waals surface area contributed by atoms with Crippen molar-refractivity contribution in [2.45, 2.75) is 24.6 Å². The molecule has 1 saturated carbocycles. The predicted molar refractivity (Wildman–Crippen MR) is 64.4 cm³/mol. The van der Waals surface area contributed by atoms with Gasteiger partial charge in [-0.2, -0.15) is 0 Å². The summed E-state index contributed by atoms with van der Waals surface area (Å²) in [5, 5.41) is 9.40. The van der Waals surface area contributed by atoms with E-state index in [2.05, 4.69) is 4.74 Å². The Kier molecular flexibility index (Phi) is 2.99. The molecule has 1 aromatic carbocycles. The molecule has 3 fully saturated rings. The van der Waals surface area contributed by atoms with Crippen molar-refractivity contribution in [3.63, 3.8) is 0 Å². The lowest BCUT2D eigenvalue weighted by Gasteiger charge is -2.59. The SMILES string of the molecule is OCC12COCC(c3cccc(OC(F)(F)F)c3)(C1)C2. The van der Waals surface area contributed by atoms with E-state index in [0.29, 0.717) is 13.2 Å². The van der Waals surface area contributed by atoms with Crippen LogP contribution in [0.15, 0.2) is 24.3 Å². The maximum atomic E-state index is 12.3. The molecule has 1 aromatic rings. The molecule has 1 aliphatic carbocycles. The van der Waals surface area contributed by atoms with E-state index in [0.717, 1.165) is 18.4 Å². The van der Waals surface area contributed by atoms with Crippen LogP contribution in [-0.4, -0.2) is 31.3 Å². The molecule has 4 rings (SSSR count). The second kappa shape index (κ2) is 4.36. The van der Waals surface area contributed by atoms with E-state index >= 15 is 0 Å². The number of hydrogen-bond acceptors (Lipinski definition) is 3. The average molecular weight is 288 g/mol. The lowest BCUT2D eigenvalue weighted by molar-refractivity contribution is -0.274. The molecule has 1 N–H and O–H groups in total. The fraction of sp³-hybridized carbons (Fsp3) is 0.571. The number of aliphatic hydroxyl groups excluding tert-OH is 1. The summed E-state index contributed by atoms with van der Waals surface area (Å²) in [6, 6.07) is 6.05. The first-order valence-electron chi connectivity index (χ1n) is 6.42. The summed E-state index contributed by atoms with van der Waals surface area (Å²) in [7, 11) is 0. The second-order valence-electron chi connectivity index (χ2n) is 5.86. The first-order chi connectivity index (χ1) is 9.37. The minimum Gasteiger partial charge on any atom is -0.406 e. The number of hydrogen-bond donors (Lipinski definition) is 1. The third-order valence-electron chi connectivity index (χ3n) is 4.23. The van der Waals surface area contributed by atoms with Crippen LogP contribution in [0, 0.1) is 5.41 Å². The number of rotatable bonds is 3. The molecular weight excluding hydrogens is 273 g/mol. The predicted octanol–water partition coefficient (Wildman–Crippen LogP) is 2.63. The maximum Gasteiger partial charge on any atom is 0.573 e. The first-order valence-corrected chi connectivity index (χ1v) is 6.42. The van der Waals surface area contributed by atoms with E-state index in [1.807, 2.05) is 0 Å². The van der Waals surface area contributed by atoms with Crippen LogP contribution < -0.4 is 4.74 Å². The van der Waals surface area contributed by atoms with Crippen molar-refractivity contribution in [1.82, 2.24) is 0 Å². The van der Waals surface area contributed by atoms with Gasteiger partial charge in [0, 0.05) is 10.8 Å². The van der Waals surface area contributed by atoms with Crippen molar-refractivity contribution in [1.29, 1.82) is 0 Å². The van der Waals surface area contributed by atoms with E-state index in [4.69, 9.17) is 4.74 Å². The zero-order valence-electron chi connectivity index (χ0n) is 10.7. The topological polar surface area (TPSA) is 38.7 Å². The molecule has 2 saturated heterocycles. The second-order valence-corrected chi connectivity index (χ2v) is 5.86. The van der Waals surface area contributed by atoms with Gasteiger partial charge in [0.2, 0.25) is 0 Å². The molecule has 3 aliphatic rings. The number of benzene rings is 1. The van der Waals surface area contributed by atoms with Gasteiger partial charge in [0.1, 0.15) is 5.75 Å². The molecule has 2 bridgehead atoms. The van der Waals surface area contributed by atoms with Gasteiger partial charge in [0.05, 0.1) is 19.8 Å². The van der Waals surface area contributed by atoms with Gasteiger partial charge in [-0.1, -0.05) is 12.1 Å². The van der Waals surface area contributed by atoms with Crippen LogP contribution in [0.1, 0.15) is 18.4 Å². The van der Waals surface area contributed by atoms with E-state index in [9.17, 15) is 18.3 Å². The zero-order chi connectivity index (χ0) is 14.4. The number of fused-ring (bicyclic) bond motifs is 2. The summed E-state index contributed by atoms with van der Waals surface area (Å²) in [4.78, 5) is 0. The van der Waals surface area contributed by atoms with Crippen LogP contribution in [-0.2, 0) is 10.2 Å². The number of aliphatic hydroxyl groups is 1. The summed E-state index contributed by atoms with van der Waals surface area (Å²) in [6.45, 7) is 1.04. The molecule has 3 nitrogen and oxygen atoms in total. The highest BCUT2D eigenvalue weighted by atomic mass is 19.4. The van der Waals surface area contributed by atoms with Gasteiger partial charge in [-0.15, -0.1) is 13.2 Å². The molecule has 0 aromatic heterocycles. The van der Waals surface area contributed by atoms with Gasteiger partial charge in [0.25, 0.3) is 0 Å². The number of alkyl halides is 3. The van der Waals surface area contributed by atoms with Gasteiger partial charge >= 0.3 is 6.36 Å². The van der Waals surface area contributed by atoms with Crippen molar-refractivity contribution in [2.75, 3.05) is 19.8 Å². The smallest absolute Gasteiger partial charge is 0.406 e. The van der Waals surface area contributed by atoms with Crippen molar-refractivity contribution < 1.29 is 27.8 Å². The Hall–Kier alpha value is -1.27. The summed E-state index contributed by atoms with van der Waals surface area (Å²) >= 11 is 0. The maximum absolute atomic E-state index is 12.3. The minimum atomic E-state index is -4.69. The van der Waals surface area contributed by atoms with Gasteiger partial charge in [-0.3, -0.25) is 0 Å². The van der Waals surface area contributed by atoms with E-state index in [1.54, 1.807) is 12.1 Å². The molecule has 6 heteroatoms. The molecular formula is C14H15F3O3. The Balaban J connectivity index is 1.83. The van der Waals surface area contributed by atoms with Gasteiger partial charge < -0.3 is 14.6 Å². The molecule has 0 amide bonds. The summed E-state index contributed by atoms with van der Waals surface area (Å²) in [6.07, 6.45) is -3.20. The molecule has 0 radical (unpaired) electrons. The normalized spacial score (nSPS) is 32.6. The van der Waals surface area contributed by atoms with Crippen LogP contribution in [0.25, 0.3) is 0 Å². The molecule has 2 aliphatic heterocycles. The van der Waals surface area contributed by atoms with Crippen molar-refractivity contribution in [2.24, 2.45) is 5.41 Å². The Morgan fingerprint density at radius 1 is 1.25 bits per heavy atom. The minimum absolute atomic E-state index is 0.0491. The molecule has 0 spiro atoms. The molecule has 0 atom stereocenters. The van der Waals surface area contributed by atoms with Gasteiger partial charge in [0.15, 0.2) is 0 Å². The molecule has 2 heterocycles. The summed E-state index contributed by atoms with van der Waals surface area (Å²) in [5.41, 5.74) is 0.272. The van der Waals surface area contributed by atoms with Crippen LogP contribution in [0.3, 0.4) is 0 Å². The Bertz CT molecular complexity index is 507. The average Bonchev–Trinajstić information content (AvgIpc) is 2.36. The Labute approximate surface area is 114 Å². The standard InChI is InChI=1S/C14H15F3O3/c15-14(16,17)20-11-3-1-2-10(4-11)13-5-12(6-13,7-18)8-19-9-13/h1-4,18H,5-9H2. The number of halogens is 3. The lowest BCUT2D eigenvalue weighted by atomic mass is 9.50. The third-order valence-corrected chi connectivity index (χ3v) is 4.23. The van der Waals surface area contributed by atoms with Gasteiger partial charge in [-0.05, 0) is 30.5 Å². The van der Waals surface area contributed by atoms with Crippen LogP contribution in [0.4, 0.5) is 13.2 Å². The zero-order valence-corrected chi connectivity index (χ0v) is 10.7. The van der Waals surface area contributed by atoms with E-state index in [-0.39, 0.29) is 23.2 Å². The van der Waals surface area contributed by atoms with Crippen molar-refractivity contribution in [3.05, 3.63) is 29.8 Å². The third kappa shape index (κ3) is 2.27. The van der Waals surface area contributed by atoms with E-state index < -0.39 is 6.36 Å². The van der Waals surface area contributed by atoms with Crippen molar-refractivity contribution >= 4 is 0 Å². The highest BCUT2D eigenvalue weighted by molar-refractivity contribution is 5.38. The fourth-order valence-electron chi connectivity index (χ4n) is 3.52. The van der Waals surface area contributed by atoms with Crippen LogP contribution >= 0.6 is 0 Å². The highest BCUT2D eigenvalue weighted by Gasteiger charge is 2.58. The highest BCUT2D eigenvalue weighted by Crippen LogP contribution is 2.59. The molecule has 110 valence electrons. The first kappa shape index (κ1) is 13.7. The monoisotopic (exact) mass is 288 g/mol. The lowest BCUT2D eigenvalue weighted by Crippen LogP contribution is -2.60. The molecule has 0 unspecified atom stereocenters. The summed E-state index contributed by atoms with van der Waals surface area (Å²) < 4.78 is 46.2. The largest absolute Gasteiger partial charge is 0.573 e.